The van der Waals surface area contributed by atoms with Gasteiger partial charge in [-0.15, -0.1) is 0 Å². The molecule has 0 aliphatic carbocycles. The van der Waals surface area contributed by atoms with Gasteiger partial charge in [0.1, 0.15) is 11.5 Å². The quantitative estimate of drug-likeness (QED) is 0.645. The molecule has 0 heterocycles. The van der Waals surface area contributed by atoms with Gasteiger partial charge in [0.15, 0.2) is 0 Å². The van der Waals surface area contributed by atoms with Gasteiger partial charge in [-0.05, 0) is 39.3 Å². The molecule has 0 atom stereocenters. The highest BCUT2D eigenvalue weighted by atomic mass is 32.1. The van der Waals surface area contributed by atoms with Crippen LogP contribution in [0.25, 0.3) is 0 Å². The van der Waals surface area contributed by atoms with Crippen LogP contribution < -0.4 is 10.6 Å². The number of carbonyl (C=O) groups is 1. The fourth-order valence-electron chi connectivity index (χ4n) is 2.10. The van der Waals surface area contributed by atoms with Crippen LogP contribution in [0.5, 0.6) is 0 Å². The molecule has 4 nitrogen and oxygen atoms in total. The van der Waals surface area contributed by atoms with Crippen LogP contribution in [0.4, 0.5) is 5.69 Å². The Hall–Kier alpha value is -1.62. The maximum absolute atomic E-state index is 11.8. The number of nitrogens with zero attached hydrogens (tertiary/aromatic N) is 1. The van der Waals surface area contributed by atoms with E-state index < -0.39 is 0 Å². The topological polar surface area (TPSA) is 55.6 Å². The van der Waals surface area contributed by atoms with Gasteiger partial charge in [-0.25, -0.2) is 0 Å². The van der Waals surface area contributed by atoms with Gasteiger partial charge in [-0.1, -0.05) is 24.4 Å². The maximum Gasteiger partial charge on any atom is 0.325 e. The zero-order valence-electron chi connectivity index (χ0n) is 12.5. The number of carbonyl (C=O) groups excluding carboxylic acids is 1. The van der Waals surface area contributed by atoms with Crippen molar-refractivity contribution < 1.29 is 9.53 Å². The molecule has 0 amide bonds. The number of hydrogen-bond acceptors (Lipinski definition) is 4. The van der Waals surface area contributed by atoms with Crippen molar-refractivity contribution in [2.75, 3.05) is 18.1 Å². The molecule has 0 saturated heterocycles. The van der Waals surface area contributed by atoms with Crippen molar-refractivity contribution in [3.63, 3.8) is 0 Å². The van der Waals surface area contributed by atoms with Gasteiger partial charge in [-0.3, -0.25) is 4.79 Å². The second-order valence-corrected chi connectivity index (χ2v) is 5.30. The molecule has 0 radical (unpaired) electrons. The monoisotopic (exact) mass is 294 g/mol. The zero-order valence-corrected chi connectivity index (χ0v) is 13.3. The molecular formula is C15H22N2O2S. The van der Waals surface area contributed by atoms with E-state index in [1.807, 2.05) is 43.9 Å². The normalized spacial score (nSPS) is 10.4. The number of nitrogens with two attached hydrogens (primary N) is 1. The molecule has 0 spiro atoms. The largest absolute Gasteiger partial charge is 0.465 e. The van der Waals surface area contributed by atoms with Gasteiger partial charge in [0.2, 0.25) is 0 Å². The lowest BCUT2D eigenvalue weighted by molar-refractivity contribution is -0.141. The van der Waals surface area contributed by atoms with E-state index in [1.54, 1.807) is 6.92 Å². The Labute approximate surface area is 125 Å². The molecular weight excluding hydrogens is 272 g/mol. The van der Waals surface area contributed by atoms with Crippen LogP contribution in [-0.4, -0.2) is 30.2 Å². The number of rotatable bonds is 6. The Morgan fingerprint density at radius 2 is 2.10 bits per heavy atom. The highest BCUT2D eigenvalue weighted by Gasteiger charge is 2.21. The van der Waals surface area contributed by atoms with Crippen LogP contribution in [0.3, 0.4) is 0 Å². The fraction of sp³-hybridized carbons (Fsp3) is 0.467. The smallest absolute Gasteiger partial charge is 0.325 e. The lowest BCUT2D eigenvalue weighted by atomic mass is 10.1. The lowest BCUT2D eigenvalue weighted by Crippen LogP contribution is -2.38. The van der Waals surface area contributed by atoms with Gasteiger partial charge in [0, 0.05) is 11.6 Å². The molecule has 1 rings (SSSR count). The SMILES string of the molecule is CCOC(=O)CN(c1c(C)cccc1C(N)=S)C(C)C. The Morgan fingerprint density at radius 1 is 1.45 bits per heavy atom. The summed E-state index contributed by atoms with van der Waals surface area (Å²) >= 11 is 5.11. The van der Waals surface area contributed by atoms with E-state index in [2.05, 4.69) is 0 Å². The van der Waals surface area contributed by atoms with Crippen molar-refractivity contribution in [1.29, 1.82) is 0 Å². The molecule has 110 valence electrons. The van der Waals surface area contributed by atoms with Crippen molar-refractivity contribution in [1.82, 2.24) is 0 Å². The molecule has 0 aliphatic heterocycles. The molecule has 2 N–H and O–H groups in total. The fourth-order valence-corrected chi connectivity index (χ4v) is 2.27. The number of esters is 1. The standard InChI is InChI=1S/C15H22N2O2S/c1-5-19-13(18)9-17(10(2)3)14-11(4)7-6-8-12(14)15(16)20/h6-8,10H,5,9H2,1-4H3,(H2,16,20). The summed E-state index contributed by atoms with van der Waals surface area (Å²) < 4.78 is 5.04. The summed E-state index contributed by atoms with van der Waals surface area (Å²) in [5.41, 5.74) is 8.53. The molecule has 1 aromatic carbocycles. The third-order valence-corrected chi connectivity index (χ3v) is 3.24. The first-order valence-electron chi connectivity index (χ1n) is 6.70. The van der Waals surface area contributed by atoms with Crippen LogP contribution >= 0.6 is 12.2 Å². The van der Waals surface area contributed by atoms with E-state index in [9.17, 15) is 4.79 Å². The van der Waals surface area contributed by atoms with Crippen LogP contribution in [-0.2, 0) is 9.53 Å². The summed E-state index contributed by atoms with van der Waals surface area (Å²) in [5.74, 6) is -0.252. The average molecular weight is 294 g/mol. The molecule has 1 aromatic rings. The zero-order chi connectivity index (χ0) is 15.3. The Kier molecular flexibility index (Phi) is 5.95. The van der Waals surface area contributed by atoms with Gasteiger partial charge < -0.3 is 15.4 Å². The van der Waals surface area contributed by atoms with Crippen LogP contribution in [0, 0.1) is 6.92 Å². The molecule has 0 unspecified atom stereocenters. The minimum atomic E-state index is -0.252. The molecule has 0 fully saturated rings. The maximum atomic E-state index is 11.8. The van der Waals surface area contributed by atoms with Crippen LogP contribution in [0.2, 0.25) is 0 Å². The summed E-state index contributed by atoms with van der Waals surface area (Å²) in [6.45, 7) is 8.39. The molecule has 20 heavy (non-hydrogen) atoms. The lowest BCUT2D eigenvalue weighted by Gasteiger charge is -2.31. The van der Waals surface area contributed by atoms with E-state index in [0.29, 0.717) is 11.6 Å². The number of ether oxygens (including phenoxy) is 1. The van der Waals surface area contributed by atoms with Gasteiger partial charge in [0.25, 0.3) is 0 Å². The second kappa shape index (κ2) is 7.24. The third-order valence-electron chi connectivity index (χ3n) is 3.02. The summed E-state index contributed by atoms with van der Waals surface area (Å²) in [6, 6.07) is 5.91. The minimum absolute atomic E-state index is 0.133. The number of aryl methyl sites for hydroxylation is 1. The Balaban J connectivity index is 3.21. The van der Waals surface area contributed by atoms with E-state index in [4.69, 9.17) is 22.7 Å². The van der Waals surface area contributed by atoms with Crippen molar-refractivity contribution in [2.24, 2.45) is 5.73 Å². The molecule has 0 saturated carbocycles. The molecule has 0 bridgehead atoms. The van der Waals surface area contributed by atoms with Crippen LogP contribution in [0.1, 0.15) is 31.9 Å². The van der Waals surface area contributed by atoms with Gasteiger partial charge in [0.05, 0.1) is 12.3 Å². The highest BCUT2D eigenvalue weighted by Crippen LogP contribution is 2.27. The number of benzene rings is 1. The van der Waals surface area contributed by atoms with E-state index in [0.717, 1.165) is 16.8 Å². The van der Waals surface area contributed by atoms with Crippen LogP contribution in [0.15, 0.2) is 18.2 Å². The first-order chi connectivity index (χ1) is 9.38. The Bertz CT molecular complexity index is 501. The number of thiocarbonyl (C=S) groups is 1. The minimum Gasteiger partial charge on any atom is -0.465 e. The predicted octanol–water partition coefficient (Wildman–Crippen LogP) is 2.41. The summed E-state index contributed by atoms with van der Waals surface area (Å²) in [5, 5.41) is 0. The number of hydrogen-bond donors (Lipinski definition) is 1. The van der Waals surface area contributed by atoms with E-state index in [1.165, 1.54) is 0 Å². The number of para-hydroxylation sites is 1. The molecule has 0 aromatic heterocycles. The van der Waals surface area contributed by atoms with Gasteiger partial charge in [-0.2, -0.15) is 0 Å². The number of anilines is 1. The first-order valence-corrected chi connectivity index (χ1v) is 7.11. The van der Waals surface area contributed by atoms with Gasteiger partial charge >= 0.3 is 5.97 Å². The van der Waals surface area contributed by atoms with Crippen molar-refractivity contribution in [3.8, 4) is 0 Å². The summed E-state index contributed by atoms with van der Waals surface area (Å²) in [4.78, 5) is 14.1. The predicted molar refractivity (Wildman–Crippen MR) is 86.2 cm³/mol. The van der Waals surface area contributed by atoms with Crippen molar-refractivity contribution in [2.45, 2.75) is 33.7 Å². The van der Waals surface area contributed by atoms with Crippen molar-refractivity contribution >= 4 is 28.9 Å². The third kappa shape index (κ3) is 3.93. The Morgan fingerprint density at radius 3 is 2.60 bits per heavy atom. The molecule has 0 aliphatic rings. The summed E-state index contributed by atoms with van der Waals surface area (Å²) in [6.07, 6.45) is 0. The first kappa shape index (κ1) is 16.4. The van der Waals surface area contributed by atoms with Crippen molar-refractivity contribution in [3.05, 3.63) is 29.3 Å². The van der Waals surface area contributed by atoms with E-state index >= 15 is 0 Å². The highest BCUT2D eigenvalue weighted by molar-refractivity contribution is 7.80. The summed E-state index contributed by atoms with van der Waals surface area (Å²) in [7, 11) is 0. The molecule has 5 heteroatoms. The second-order valence-electron chi connectivity index (χ2n) is 4.86. The average Bonchev–Trinajstić information content (AvgIpc) is 2.36. The van der Waals surface area contributed by atoms with E-state index in [-0.39, 0.29) is 18.6 Å².